The number of hydrogen-bond acceptors (Lipinski definition) is 6. The third kappa shape index (κ3) is 3.28. The van der Waals surface area contributed by atoms with Crippen LogP contribution in [0.15, 0.2) is 59.7 Å². The third-order valence-corrected chi connectivity index (χ3v) is 9.35. The lowest BCUT2D eigenvalue weighted by atomic mass is 9.43. The minimum atomic E-state index is -1.46. The molecule has 39 heavy (non-hydrogen) atoms. The van der Waals surface area contributed by atoms with E-state index in [1.54, 1.807) is 69.3 Å². The van der Waals surface area contributed by atoms with E-state index in [9.17, 15) is 24.0 Å². The van der Waals surface area contributed by atoms with Gasteiger partial charge in [0, 0.05) is 27.0 Å². The van der Waals surface area contributed by atoms with Gasteiger partial charge in [0.25, 0.3) is 0 Å². The molecule has 2 heterocycles. The maximum Gasteiger partial charge on any atom is 0.334 e. The van der Waals surface area contributed by atoms with Crippen molar-refractivity contribution in [2.45, 2.75) is 20.8 Å². The number of benzene rings is 2. The molecule has 2 aromatic carbocycles. The Kier molecular flexibility index (Phi) is 5.79. The van der Waals surface area contributed by atoms with E-state index in [1.165, 1.54) is 0 Å². The highest BCUT2D eigenvalue weighted by Crippen LogP contribution is 2.68. The topological polar surface area (TPSA) is 101 Å². The fourth-order valence-corrected chi connectivity index (χ4v) is 7.75. The van der Waals surface area contributed by atoms with Crippen molar-refractivity contribution in [3.63, 3.8) is 0 Å². The van der Waals surface area contributed by atoms with Crippen molar-refractivity contribution in [2.24, 2.45) is 35.0 Å². The summed E-state index contributed by atoms with van der Waals surface area (Å²) in [5.41, 5.74) is -0.0605. The van der Waals surface area contributed by atoms with Crippen LogP contribution in [0.5, 0.6) is 0 Å². The van der Waals surface area contributed by atoms with E-state index in [0.717, 1.165) is 9.80 Å². The molecule has 0 unspecified atom stereocenters. The Morgan fingerprint density at radius 2 is 1.18 bits per heavy atom. The number of allylic oxidation sites excluding steroid dienone is 1. The van der Waals surface area contributed by atoms with Crippen LogP contribution < -0.4 is 9.80 Å². The van der Waals surface area contributed by atoms with Crippen molar-refractivity contribution in [3.8, 4) is 0 Å². The van der Waals surface area contributed by atoms with Gasteiger partial charge in [0.15, 0.2) is 0 Å². The van der Waals surface area contributed by atoms with Crippen molar-refractivity contribution in [1.29, 1.82) is 0 Å². The number of carbonyl (C=O) groups excluding carboxylic acids is 5. The van der Waals surface area contributed by atoms with Crippen molar-refractivity contribution < 1.29 is 28.7 Å². The van der Waals surface area contributed by atoms with Gasteiger partial charge in [-0.15, -0.1) is 0 Å². The Labute approximate surface area is 234 Å². The zero-order chi connectivity index (χ0) is 28.0. The van der Waals surface area contributed by atoms with E-state index in [4.69, 9.17) is 27.9 Å². The Balaban J connectivity index is 1.54. The van der Waals surface area contributed by atoms with Crippen molar-refractivity contribution in [1.82, 2.24) is 0 Å². The average molecular weight is 567 g/mol. The lowest BCUT2D eigenvalue weighted by Crippen LogP contribution is -2.61. The van der Waals surface area contributed by atoms with E-state index in [0.29, 0.717) is 27.0 Å². The third-order valence-electron chi connectivity index (χ3n) is 8.85. The molecule has 0 aromatic heterocycles. The quantitative estimate of drug-likeness (QED) is 0.400. The summed E-state index contributed by atoms with van der Waals surface area (Å²) in [6.07, 6.45) is 0. The highest BCUT2D eigenvalue weighted by molar-refractivity contribution is 6.31. The predicted molar refractivity (Wildman–Crippen MR) is 143 cm³/mol. The first-order valence-corrected chi connectivity index (χ1v) is 13.4. The van der Waals surface area contributed by atoms with E-state index in [2.05, 4.69) is 0 Å². The second kappa shape index (κ2) is 8.76. The zero-order valence-electron chi connectivity index (χ0n) is 21.3. The Morgan fingerprint density at radius 3 is 1.56 bits per heavy atom. The lowest BCUT2D eigenvalue weighted by Gasteiger charge is -2.55. The van der Waals surface area contributed by atoms with Gasteiger partial charge >= 0.3 is 5.97 Å². The predicted octanol–water partition coefficient (Wildman–Crippen LogP) is 4.43. The van der Waals surface area contributed by atoms with Gasteiger partial charge in [0.05, 0.1) is 41.7 Å². The van der Waals surface area contributed by atoms with E-state index >= 15 is 0 Å². The zero-order valence-corrected chi connectivity index (χ0v) is 22.8. The molecular formula is C29H24Cl2N2O6. The number of amides is 4. The first-order valence-electron chi connectivity index (χ1n) is 12.7. The standard InChI is InChI=1S/C29H24Cl2N2O6/c1-4-39-28(38)21-13(2)18-19-22(26(36)32(24(19)34)16-9-5-14(30)6-10-16)29(21,3)23-20(18)25(35)33(27(23)37)17-11-7-15(31)8-12-17/h5-12,18-20,22-23H,4H2,1-3H3/t18?,19-,20-,22-,23-,29?/m1/s1. The second-order valence-electron chi connectivity index (χ2n) is 10.6. The van der Waals surface area contributed by atoms with Crippen LogP contribution >= 0.6 is 23.2 Å². The van der Waals surface area contributed by atoms with Crippen LogP contribution in [0, 0.1) is 35.0 Å². The van der Waals surface area contributed by atoms with Crippen LogP contribution in [-0.4, -0.2) is 36.2 Å². The lowest BCUT2D eigenvalue weighted by molar-refractivity contribution is -0.155. The second-order valence-corrected chi connectivity index (χ2v) is 11.4. The van der Waals surface area contributed by atoms with Crippen molar-refractivity contribution in [2.75, 3.05) is 16.4 Å². The first kappa shape index (κ1) is 25.8. The van der Waals surface area contributed by atoms with Gasteiger partial charge in [-0.25, -0.2) is 4.79 Å². The monoisotopic (exact) mass is 566 g/mol. The van der Waals surface area contributed by atoms with Gasteiger partial charge in [-0.2, -0.15) is 0 Å². The molecule has 3 fully saturated rings. The van der Waals surface area contributed by atoms with Gasteiger partial charge in [0.2, 0.25) is 23.6 Å². The van der Waals surface area contributed by atoms with Crippen molar-refractivity contribution >= 4 is 64.2 Å². The molecule has 7 rings (SSSR count). The van der Waals surface area contributed by atoms with E-state index < -0.39 is 64.6 Å². The number of anilines is 2. The van der Waals surface area contributed by atoms with Gasteiger partial charge in [-0.3, -0.25) is 29.0 Å². The van der Waals surface area contributed by atoms with Gasteiger partial charge in [-0.05, 0) is 62.4 Å². The fraction of sp³-hybridized carbons (Fsp3) is 0.345. The largest absolute Gasteiger partial charge is 0.463 e. The molecule has 5 aliphatic rings. The highest BCUT2D eigenvalue weighted by Gasteiger charge is 2.77. The summed E-state index contributed by atoms with van der Waals surface area (Å²) in [5.74, 6) is -7.33. The summed E-state index contributed by atoms with van der Waals surface area (Å²) in [6, 6.07) is 12.6. The summed E-state index contributed by atoms with van der Waals surface area (Å²) in [4.78, 5) is 71.8. The summed E-state index contributed by atoms with van der Waals surface area (Å²) in [6.45, 7) is 5.11. The molecule has 2 aliphatic heterocycles. The number of imide groups is 2. The number of nitrogens with zero attached hydrogens (tertiary/aromatic N) is 2. The van der Waals surface area contributed by atoms with Crippen LogP contribution in [-0.2, 0) is 28.7 Å². The number of hydrogen-bond donors (Lipinski definition) is 0. The SMILES string of the molecule is CCOC(=O)C1=C(C)C2[C@H]3C(=O)N(c4ccc(Cl)cc4)C(=O)[C@@H]3C1(C)[C@H]1C(=O)N(c3ccc(Cl)cc3)C(=O)[C@H]21. The van der Waals surface area contributed by atoms with Crippen LogP contribution in [0.2, 0.25) is 10.0 Å². The first-order chi connectivity index (χ1) is 18.5. The molecule has 200 valence electrons. The molecule has 4 atom stereocenters. The van der Waals surface area contributed by atoms with Gasteiger partial charge in [-0.1, -0.05) is 35.7 Å². The van der Waals surface area contributed by atoms with E-state index in [-0.39, 0.29) is 12.2 Å². The summed E-state index contributed by atoms with van der Waals surface area (Å²) in [7, 11) is 0. The Bertz CT molecular complexity index is 1410. The fourth-order valence-electron chi connectivity index (χ4n) is 7.50. The average Bonchev–Trinajstić information content (AvgIpc) is 3.32. The summed E-state index contributed by atoms with van der Waals surface area (Å²) in [5, 5.41) is 0.884. The molecule has 0 spiro atoms. The maximum atomic E-state index is 14.1. The Hall–Kier alpha value is -3.49. The Morgan fingerprint density at radius 1 is 0.769 bits per heavy atom. The number of rotatable bonds is 4. The normalized spacial score (nSPS) is 31.3. The molecule has 1 saturated carbocycles. The van der Waals surface area contributed by atoms with Gasteiger partial charge in [0.1, 0.15) is 0 Å². The van der Waals surface area contributed by atoms with Gasteiger partial charge < -0.3 is 4.74 Å². The molecule has 2 saturated heterocycles. The summed E-state index contributed by atoms with van der Waals surface area (Å²) >= 11 is 12.1. The van der Waals surface area contributed by atoms with Crippen molar-refractivity contribution in [3.05, 3.63) is 69.7 Å². The maximum absolute atomic E-state index is 14.1. The molecule has 0 radical (unpaired) electrons. The molecule has 8 nitrogen and oxygen atoms in total. The van der Waals surface area contributed by atoms with Crippen LogP contribution in [0.1, 0.15) is 20.8 Å². The molecule has 4 amide bonds. The molecule has 0 N–H and O–H groups in total. The number of ether oxygens (including phenoxy) is 1. The molecule has 2 aromatic rings. The van der Waals surface area contributed by atoms with Crippen LogP contribution in [0.3, 0.4) is 0 Å². The smallest absolute Gasteiger partial charge is 0.334 e. The highest BCUT2D eigenvalue weighted by atomic mass is 35.5. The minimum Gasteiger partial charge on any atom is -0.463 e. The van der Waals surface area contributed by atoms with Crippen LogP contribution in [0.4, 0.5) is 11.4 Å². The van der Waals surface area contributed by atoms with E-state index in [1.807, 2.05) is 0 Å². The number of carbonyl (C=O) groups is 5. The van der Waals surface area contributed by atoms with Crippen LogP contribution in [0.25, 0.3) is 0 Å². The molecule has 2 bridgehead atoms. The minimum absolute atomic E-state index is 0.0894. The number of halogens is 2. The molecular weight excluding hydrogens is 543 g/mol. The summed E-state index contributed by atoms with van der Waals surface area (Å²) < 4.78 is 5.39. The molecule has 10 heteroatoms. The molecule has 3 aliphatic carbocycles. The number of esters is 1.